The zero-order valence-electron chi connectivity index (χ0n) is 21.1. The van der Waals surface area contributed by atoms with Gasteiger partial charge in [0.25, 0.3) is 5.91 Å². The monoisotopic (exact) mass is 532 g/mol. The Morgan fingerprint density at radius 1 is 1.22 bits per heavy atom. The second-order valence-corrected chi connectivity index (χ2v) is 9.44. The van der Waals surface area contributed by atoms with Crippen LogP contribution in [0.3, 0.4) is 0 Å². The Morgan fingerprint density at radius 3 is 2.62 bits per heavy atom. The molecule has 1 saturated heterocycles. The molecule has 0 bridgehead atoms. The molecule has 1 saturated carbocycles. The number of amides is 1. The van der Waals surface area contributed by atoms with Crippen LogP contribution in [0.25, 0.3) is 0 Å². The topological polar surface area (TPSA) is 116 Å². The van der Waals surface area contributed by atoms with Gasteiger partial charge in [-0.3, -0.25) is 4.79 Å². The van der Waals surface area contributed by atoms with Crippen molar-refractivity contribution < 1.29 is 46.8 Å². The molecule has 0 aromatic carbocycles. The first kappa shape index (κ1) is 29.0. The van der Waals surface area contributed by atoms with E-state index in [0.717, 1.165) is 25.7 Å². The smallest absolute Gasteiger partial charge is 0.389 e. The minimum absolute atomic E-state index is 0.0363. The second-order valence-electron chi connectivity index (χ2n) is 9.44. The molecule has 4 atom stereocenters. The largest absolute Gasteiger partial charge is 0.503 e. The van der Waals surface area contributed by atoms with Gasteiger partial charge >= 0.3 is 12.1 Å². The van der Waals surface area contributed by atoms with Crippen LogP contribution in [0.2, 0.25) is 0 Å². The average Bonchev–Trinajstić information content (AvgIpc) is 3.36. The van der Waals surface area contributed by atoms with Gasteiger partial charge < -0.3 is 29.4 Å². The van der Waals surface area contributed by atoms with Crippen molar-refractivity contribution in [1.29, 1.82) is 0 Å². The van der Waals surface area contributed by atoms with E-state index in [-0.39, 0.29) is 37.0 Å². The zero-order chi connectivity index (χ0) is 27.0. The maximum absolute atomic E-state index is 13.0. The number of aromatic hydroxyl groups is 1. The summed E-state index contributed by atoms with van der Waals surface area (Å²) in [6, 6.07) is 0.361. The molecule has 4 unspecified atom stereocenters. The fraction of sp³-hybridized carbons (Fsp3) is 0.720. The number of nitrogens with zero attached hydrogens (tertiary/aromatic N) is 1. The highest BCUT2D eigenvalue weighted by Crippen LogP contribution is 2.30. The summed E-state index contributed by atoms with van der Waals surface area (Å²) in [5.74, 6) is -1.85. The lowest BCUT2D eigenvalue weighted by atomic mass is 10.0. The summed E-state index contributed by atoms with van der Waals surface area (Å²) in [5, 5.41) is 12.8. The summed E-state index contributed by atoms with van der Waals surface area (Å²) in [5.41, 5.74) is -0.298. The van der Waals surface area contributed by atoms with Crippen molar-refractivity contribution in [1.82, 2.24) is 10.3 Å². The Balaban J connectivity index is 1.71. The third-order valence-electron chi connectivity index (χ3n) is 6.61. The van der Waals surface area contributed by atoms with Gasteiger partial charge in [0.2, 0.25) is 0 Å². The normalized spacial score (nSPS) is 25.6. The van der Waals surface area contributed by atoms with Crippen LogP contribution in [0.1, 0.15) is 75.2 Å². The highest BCUT2D eigenvalue weighted by atomic mass is 19.4. The van der Waals surface area contributed by atoms with Gasteiger partial charge in [-0.25, -0.2) is 9.78 Å². The van der Waals surface area contributed by atoms with Crippen LogP contribution in [-0.2, 0) is 19.0 Å². The summed E-state index contributed by atoms with van der Waals surface area (Å²) in [6.07, 6.45) is -1.37. The number of nitrogens with one attached hydrogen (secondary N) is 1. The Hall–Kier alpha value is -2.60. The molecule has 0 spiro atoms. The predicted molar refractivity (Wildman–Crippen MR) is 125 cm³/mol. The molecule has 37 heavy (non-hydrogen) atoms. The van der Waals surface area contributed by atoms with Crippen LogP contribution in [0.5, 0.6) is 11.5 Å². The highest BCUT2D eigenvalue weighted by molar-refractivity contribution is 5.97. The van der Waals surface area contributed by atoms with Crippen LogP contribution in [-0.4, -0.2) is 72.3 Å². The first-order valence-electron chi connectivity index (χ1n) is 12.7. The van der Waals surface area contributed by atoms with E-state index < -0.39 is 54.6 Å². The van der Waals surface area contributed by atoms with Gasteiger partial charge in [0.1, 0.15) is 18.2 Å². The standard InChI is InChI=1S/C25H35F3N2O7/c1-15-22(37-16-7-3-4-8-16)19(35-14-6-12-25(26,27)28)10-5-9-17(24(33)36-15)30-23(32)20-21(31)18(34-2)11-13-29-20/h11,13,15-17,19,22,31H,3-10,12,14H2,1-2H3,(H,30,32). The van der Waals surface area contributed by atoms with Crippen molar-refractivity contribution in [3.63, 3.8) is 0 Å². The third-order valence-corrected chi connectivity index (χ3v) is 6.61. The quantitative estimate of drug-likeness (QED) is 0.361. The number of pyridine rings is 1. The molecule has 2 heterocycles. The summed E-state index contributed by atoms with van der Waals surface area (Å²) < 4.78 is 60.6. The van der Waals surface area contributed by atoms with Crippen molar-refractivity contribution in [3.05, 3.63) is 18.0 Å². The van der Waals surface area contributed by atoms with Crippen LogP contribution in [0.15, 0.2) is 12.3 Å². The van der Waals surface area contributed by atoms with Crippen LogP contribution in [0.4, 0.5) is 13.2 Å². The molecule has 2 N–H and O–H groups in total. The fourth-order valence-corrected chi connectivity index (χ4v) is 4.70. The second kappa shape index (κ2) is 13.3. The summed E-state index contributed by atoms with van der Waals surface area (Å²) >= 11 is 0. The highest BCUT2D eigenvalue weighted by Gasteiger charge is 2.38. The minimum atomic E-state index is -4.26. The first-order valence-corrected chi connectivity index (χ1v) is 12.7. The number of rotatable bonds is 9. The maximum atomic E-state index is 13.0. The first-order chi connectivity index (χ1) is 17.6. The van der Waals surface area contributed by atoms with Crippen molar-refractivity contribution in [2.45, 2.75) is 101 Å². The molecule has 1 aromatic rings. The summed E-state index contributed by atoms with van der Waals surface area (Å²) in [6.45, 7) is 1.56. The number of carbonyl (C=O) groups is 2. The van der Waals surface area contributed by atoms with Crippen LogP contribution < -0.4 is 10.1 Å². The van der Waals surface area contributed by atoms with E-state index in [1.54, 1.807) is 6.92 Å². The summed E-state index contributed by atoms with van der Waals surface area (Å²) in [7, 11) is 1.33. The van der Waals surface area contributed by atoms with Gasteiger partial charge in [-0.2, -0.15) is 13.2 Å². The van der Waals surface area contributed by atoms with E-state index >= 15 is 0 Å². The van der Waals surface area contributed by atoms with Gasteiger partial charge in [0.15, 0.2) is 17.2 Å². The maximum Gasteiger partial charge on any atom is 0.389 e. The molecule has 208 valence electrons. The lowest BCUT2D eigenvalue weighted by molar-refractivity contribution is -0.177. The SMILES string of the molecule is COc1ccnc(C(=O)NC2CCCC(OCCCC(F)(F)F)C(OC3CCCC3)C(C)OC2=O)c1O. The van der Waals surface area contributed by atoms with Crippen molar-refractivity contribution in [2.75, 3.05) is 13.7 Å². The molecule has 2 fully saturated rings. The third kappa shape index (κ3) is 8.46. The molecule has 0 radical (unpaired) electrons. The van der Waals surface area contributed by atoms with Gasteiger partial charge in [-0.05, 0) is 45.4 Å². The number of ether oxygens (including phenoxy) is 4. The van der Waals surface area contributed by atoms with Crippen molar-refractivity contribution >= 4 is 11.9 Å². The minimum Gasteiger partial charge on any atom is -0.503 e. The summed E-state index contributed by atoms with van der Waals surface area (Å²) in [4.78, 5) is 29.7. The Bertz CT molecular complexity index is 909. The number of cyclic esters (lactones) is 1. The Morgan fingerprint density at radius 2 is 1.95 bits per heavy atom. The van der Waals surface area contributed by atoms with Crippen molar-refractivity contribution in [2.24, 2.45) is 0 Å². The number of halogens is 3. The van der Waals surface area contributed by atoms with E-state index in [0.29, 0.717) is 12.8 Å². The van der Waals surface area contributed by atoms with Gasteiger partial charge in [-0.15, -0.1) is 0 Å². The number of alkyl halides is 3. The number of methoxy groups -OCH3 is 1. The predicted octanol–water partition coefficient (Wildman–Crippen LogP) is 4.07. The van der Waals surface area contributed by atoms with E-state index in [1.807, 2.05) is 0 Å². The molecule has 12 heteroatoms. The van der Waals surface area contributed by atoms with E-state index in [4.69, 9.17) is 18.9 Å². The molecule has 1 aromatic heterocycles. The number of hydrogen-bond donors (Lipinski definition) is 2. The average molecular weight is 533 g/mol. The van der Waals surface area contributed by atoms with Crippen LogP contribution in [0, 0.1) is 0 Å². The fourth-order valence-electron chi connectivity index (χ4n) is 4.70. The Labute approximate surface area is 214 Å². The van der Waals surface area contributed by atoms with E-state index in [9.17, 15) is 27.9 Å². The molecular formula is C25H35F3N2O7. The number of aromatic nitrogens is 1. The van der Waals surface area contributed by atoms with Gasteiger partial charge in [0.05, 0.1) is 19.3 Å². The molecule has 1 amide bonds. The lowest BCUT2D eigenvalue weighted by Crippen LogP contribution is -2.46. The molecule has 2 aliphatic rings. The molecule has 1 aliphatic heterocycles. The number of hydrogen-bond acceptors (Lipinski definition) is 8. The van der Waals surface area contributed by atoms with Gasteiger partial charge in [-0.1, -0.05) is 12.8 Å². The number of esters is 1. The van der Waals surface area contributed by atoms with Crippen molar-refractivity contribution in [3.8, 4) is 11.5 Å². The van der Waals surface area contributed by atoms with E-state index in [1.165, 1.54) is 19.4 Å². The molecular weight excluding hydrogens is 497 g/mol. The van der Waals surface area contributed by atoms with Crippen LogP contribution >= 0.6 is 0 Å². The molecule has 1 aliphatic carbocycles. The molecule has 9 nitrogen and oxygen atoms in total. The zero-order valence-corrected chi connectivity index (χ0v) is 21.1. The number of carbonyl (C=O) groups excluding carboxylic acids is 2. The Kier molecular flexibility index (Phi) is 10.4. The molecule has 3 rings (SSSR count). The van der Waals surface area contributed by atoms with Gasteiger partial charge in [0, 0.05) is 25.3 Å². The lowest BCUT2D eigenvalue weighted by Gasteiger charge is -2.33. The van der Waals surface area contributed by atoms with E-state index in [2.05, 4.69) is 10.3 Å².